The van der Waals surface area contributed by atoms with Gasteiger partial charge in [0.1, 0.15) is 24.0 Å². The highest BCUT2D eigenvalue weighted by Crippen LogP contribution is 2.38. The summed E-state index contributed by atoms with van der Waals surface area (Å²) in [4.78, 5) is 16.9. The lowest BCUT2D eigenvalue weighted by Crippen LogP contribution is -2.35. The number of ether oxygens (including phenoxy) is 3. The summed E-state index contributed by atoms with van der Waals surface area (Å²) in [5, 5.41) is 15.6. The van der Waals surface area contributed by atoms with Crippen LogP contribution in [-0.2, 0) is 11.2 Å². The second-order valence-corrected chi connectivity index (χ2v) is 10.3. The highest BCUT2D eigenvalue weighted by molar-refractivity contribution is 9.10. The first-order valence-corrected chi connectivity index (χ1v) is 13.2. The van der Waals surface area contributed by atoms with Gasteiger partial charge in [0.05, 0.1) is 17.2 Å². The minimum Gasteiger partial charge on any atom is -0.493 e. The molecule has 0 fully saturated rings. The van der Waals surface area contributed by atoms with Crippen LogP contribution in [0.4, 0.5) is 0 Å². The maximum absolute atomic E-state index is 12.7. The average Bonchev–Trinajstić information content (AvgIpc) is 3.31. The number of nitrogens with zero attached hydrogens (tertiary/aromatic N) is 3. The van der Waals surface area contributed by atoms with Crippen molar-refractivity contribution < 1.29 is 19.0 Å². The number of nitrogens with one attached hydrogen (secondary N) is 1. The lowest BCUT2D eigenvalue weighted by Gasteiger charge is -2.20. The summed E-state index contributed by atoms with van der Waals surface area (Å²) in [7, 11) is 1.54. The van der Waals surface area contributed by atoms with Gasteiger partial charge in [-0.15, -0.1) is 6.58 Å². The number of allylic oxidation sites excluding steroid dienone is 1. The summed E-state index contributed by atoms with van der Waals surface area (Å²) in [6, 6.07) is 11.4. The van der Waals surface area contributed by atoms with Crippen molar-refractivity contribution in [2.45, 2.75) is 20.3 Å². The molecule has 37 heavy (non-hydrogen) atoms. The zero-order chi connectivity index (χ0) is 26.5. The molecule has 8 nitrogen and oxygen atoms in total. The molecule has 2 heterocycles. The van der Waals surface area contributed by atoms with Crippen molar-refractivity contribution >= 4 is 55.7 Å². The molecule has 0 bridgehead atoms. The molecule has 0 unspecified atom stereocenters. The minimum atomic E-state index is -0.478. The molecule has 1 N–H and O–H groups in total. The van der Waals surface area contributed by atoms with E-state index in [2.05, 4.69) is 32.6 Å². The van der Waals surface area contributed by atoms with E-state index in [0.717, 1.165) is 22.8 Å². The summed E-state index contributed by atoms with van der Waals surface area (Å²) in [6.07, 6.45) is 4.17. The van der Waals surface area contributed by atoms with Crippen molar-refractivity contribution in [3.05, 3.63) is 70.2 Å². The number of hydrogen-bond acceptors (Lipinski definition) is 7. The van der Waals surface area contributed by atoms with E-state index >= 15 is 0 Å². The Balaban J connectivity index is 1.48. The second-order valence-electron chi connectivity index (χ2n) is 8.44. The van der Waals surface area contributed by atoms with Gasteiger partial charge < -0.3 is 14.2 Å². The number of carbonyl (C=O) groups is 1. The number of amidine groups is 2. The van der Waals surface area contributed by atoms with Gasteiger partial charge in [0.2, 0.25) is 5.17 Å². The molecule has 4 rings (SSSR count). The van der Waals surface area contributed by atoms with Gasteiger partial charge in [-0.2, -0.15) is 15.1 Å². The Morgan fingerprint density at radius 3 is 2.68 bits per heavy atom. The molecule has 0 aliphatic carbocycles. The topological polar surface area (TPSA) is 96.6 Å². The standard InChI is InChI=1S/C27H27BrN4O4S/c1-5-8-18-9-6-7-10-21(18)35-11-12-36-23-20(28)14-17(15-22(23)34-4)13-19-24(29)32-27(30-25(19)33)37-26(31-32)16(2)3/h5-7,9-10,13-16,29H,1,8,11-12H2,2-4H3/b19-13+,29-24?. The molecule has 2 aliphatic heterocycles. The van der Waals surface area contributed by atoms with E-state index in [4.69, 9.17) is 19.6 Å². The number of hydrogen-bond donors (Lipinski definition) is 1. The van der Waals surface area contributed by atoms with E-state index in [1.807, 2.05) is 44.2 Å². The van der Waals surface area contributed by atoms with Crippen molar-refractivity contribution in [2.75, 3.05) is 20.3 Å². The fourth-order valence-electron chi connectivity index (χ4n) is 3.63. The van der Waals surface area contributed by atoms with E-state index in [0.29, 0.717) is 39.9 Å². The molecule has 0 aromatic heterocycles. The molecule has 10 heteroatoms. The van der Waals surface area contributed by atoms with Crippen LogP contribution in [-0.4, -0.2) is 47.3 Å². The van der Waals surface area contributed by atoms with E-state index in [1.54, 1.807) is 25.3 Å². The Morgan fingerprint density at radius 2 is 1.95 bits per heavy atom. The summed E-state index contributed by atoms with van der Waals surface area (Å²) >= 11 is 4.86. The normalized spacial score (nSPS) is 16.0. The number of rotatable bonds is 10. The lowest BCUT2D eigenvalue weighted by atomic mass is 10.1. The van der Waals surface area contributed by atoms with Crippen molar-refractivity contribution in [3.63, 3.8) is 0 Å². The van der Waals surface area contributed by atoms with Crippen LogP contribution in [0.3, 0.4) is 0 Å². The van der Waals surface area contributed by atoms with Crippen molar-refractivity contribution in [1.29, 1.82) is 5.41 Å². The van der Waals surface area contributed by atoms with Crippen LogP contribution in [0, 0.1) is 11.3 Å². The number of fused-ring (bicyclic) bond motifs is 1. The first-order valence-electron chi connectivity index (χ1n) is 11.6. The molecule has 0 radical (unpaired) electrons. The molecule has 192 valence electrons. The Morgan fingerprint density at radius 1 is 1.19 bits per heavy atom. The van der Waals surface area contributed by atoms with Crippen LogP contribution in [0.25, 0.3) is 6.08 Å². The first kappa shape index (κ1) is 26.7. The van der Waals surface area contributed by atoms with Crippen LogP contribution in [0.2, 0.25) is 0 Å². The van der Waals surface area contributed by atoms with Gasteiger partial charge in [-0.3, -0.25) is 10.2 Å². The Kier molecular flexibility index (Phi) is 8.50. The molecule has 0 saturated carbocycles. The van der Waals surface area contributed by atoms with Crippen LogP contribution in [0.15, 0.2) is 69.2 Å². The largest absolute Gasteiger partial charge is 0.493 e. The highest BCUT2D eigenvalue weighted by Gasteiger charge is 2.36. The number of amides is 1. The van der Waals surface area contributed by atoms with E-state index in [9.17, 15) is 4.79 Å². The van der Waals surface area contributed by atoms with Crippen LogP contribution in [0.1, 0.15) is 25.0 Å². The molecule has 0 spiro atoms. The highest BCUT2D eigenvalue weighted by atomic mass is 79.9. The summed E-state index contributed by atoms with van der Waals surface area (Å²) in [6.45, 7) is 8.44. The van der Waals surface area contributed by atoms with Gasteiger partial charge in [-0.05, 0) is 69.5 Å². The number of methoxy groups -OCH3 is 1. The lowest BCUT2D eigenvalue weighted by molar-refractivity contribution is -0.114. The fraction of sp³-hybridized carbons (Fsp3) is 0.259. The minimum absolute atomic E-state index is 0.0116. The zero-order valence-corrected chi connectivity index (χ0v) is 23.2. The maximum atomic E-state index is 12.7. The van der Waals surface area contributed by atoms with Crippen LogP contribution < -0.4 is 14.2 Å². The number of para-hydroxylation sites is 1. The smallest absolute Gasteiger partial charge is 0.283 e. The number of carbonyl (C=O) groups excluding carboxylic acids is 1. The molecule has 1 amide bonds. The maximum Gasteiger partial charge on any atom is 0.283 e. The summed E-state index contributed by atoms with van der Waals surface area (Å²) in [5.74, 6) is 1.47. The molecule has 2 aromatic rings. The van der Waals surface area contributed by atoms with Crippen molar-refractivity contribution in [2.24, 2.45) is 16.0 Å². The van der Waals surface area contributed by atoms with Gasteiger partial charge in [0, 0.05) is 5.92 Å². The molecule has 2 aliphatic rings. The van der Waals surface area contributed by atoms with Gasteiger partial charge in [-0.25, -0.2) is 0 Å². The fourth-order valence-corrected chi connectivity index (χ4v) is 5.10. The number of aliphatic imine (C=N–C) groups is 1. The summed E-state index contributed by atoms with van der Waals surface area (Å²) in [5.41, 5.74) is 1.86. The van der Waals surface area contributed by atoms with Crippen LogP contribution >= 0.6 is 27.7 Å². The predicted octanol–water partition coefficient (Wildman–Crippen LogP) is 5.92. The summed E-state index contributed by atoms with van der Waals surface area (Å²) < 4.78 is 18.0. The third kappa shape index (κ3) is 5.97. The van der Waals surface area contributed by atoms with Gasteiger partial charge in [0.15, 0.2) is 17.3 Å². The van der Waals surface area contributed by atoms with Gasteiger partial charge in [0.25, 0.3) is 5.91 Å². The molecule has 2 aromatic carbocycles. The molecular formula is C27H27BrN4O4S. The molecule has 0 saturated heterocycles. The van der Waals surface area contributed by atoms with Gasteiger partial charge >= 0.3 is 0 Å². The molecular weight excluding hydrogens is 556 g/mol. The third-order valence-corrected chi connectivity index (χ3v) is 7.25. The number of hydrazone groups is 1. The van der Waals surface area contributed by atoms with Crippen molar-refractivity contribution in [3.8, 4) is 17.2 Å². The Hall–Kier alpha value is -3.37. The third-order valence-electron chi connectivity index (χ3n) is 5.45. The molecule has 0 atom stereocenters. The first-order chi connectivity index (χ1) is 17.8. The Bertz CT molecular complexity index is 1340. The van der Waals surface area contributed by atoms with Crippen molar-refractivity contribution in [1.82, 2.24) is 5.01 Å². The van der Waals surface area contributed by atoms with E-state index in [-0.39, 0.29) is 17.3 Å². The quantitative estimate of drug-likeness (QED) is 0.212. The monoisotopic (exact) mass is 582 g/mol. The van der Waals surface area contributed by atoms with Gasteiger partial charge in [-0.1, -0.05) is 38.1 Å². The van der Waals surface area contributed by atoms with E-state index in [1.165, 1.54) is 16.8 Å². The second kappa shape index (κ2) is 11.8. The number of thioether (sulfide) groups is 1. The SMILES string of the molecule is C=CCc1ccccc1OCCOc1c(Br)cc(/C=C2\C(=N)N3N=C(C(C)C)SC3=NC2=O)cc1OC. The number of benzene rings is 2. The Labute approximate surface area is 228 Å². The zero-order valence-electron chi connectivity index (χ0n) is 20.8. The average molecular weight is 584 g/mol. The van der Waals surface area contributed by atoms with Crippen LogP contribution in [0.5, 0.6) is 17.2 Å². The van der Waals surface area contributed by atoms with E-state index < -0.39 is 5.91 Å². The predicted molar refractivity (Wildman–Crippen MR) is 152 cm³/mol. The number of halogens is 1.